The van der Waals surface area contributed by atoms with Crippen LogP contribution in [-0.4, -0.2) is 65.9 Å². The molecule has 1 saturated heterocycles. The predicted octanol–water partition coefficient (Wildman–Crippen LogP) is 5.98. The third-order valence-electron chi connectivity index (χ3n) is 8.21. The van der Waals surface area contributed by atoms with Crippen molar-refractivity contribution in [3.8, 4) is 17.1 Å². The van der Waals surface area contributed by atoms with Gasteiger partial charge in [0.05, 0.1) is 6.04 Å². The molecule has 220 valence electrons. The van der Waals surface area contributed by atoms with Gasteiger partial charge in [-0.05, 0) is 55.5 Å². The first-order chi connectivity index (χ1) is 20.4. The second-order valence-electron chi connectivity index (χ2n) is 11.5. The van der Waals surface area contributed by atoms with Crippen LogP contribution >= 0.6 is 0 Å². The van der Waals surface area contributed by atoms with Crippen LogP contribution in [0.2, 0.25) is 0 Å². The Morgan fingerprint density at radius 2 is 1.69 bits per heavy atom. The highest BCUT2D eigenvalue weighted by atomic mass is 16.4. The molecule has 8 nitrogen and oxygen atoms in total. The minimum absolute atomic E-state index is 0.00112. The number of benzene rings is 3. The molecule has 0 saturated carbocycles. The lowest BCUT2D eigenvalue weighted by molar-refractivity contribution is -0.137. The first-order valence-corrected chi connectivity index (χ1v) is 14.9. The van der Waals surface area contributed by atoms with Gasteiger partial charge in [-0.15, -0.1) is 0 Å². The fourth-order valence-electron chi connectivity index (χ4n) is 5.97. The summed E-state index contributed by atoms with van der Waals surface area (Å²) in [6, 6.07) is 27.4. The van der Waals surface area contributed by atoms with Crippen molar-refractivity contribution in [2.75, 3.05) is 13.1 Å². The van der Waals surface area contributed by atoms with E-state index in [0.29, 0.717) is 24.3 Å². The Kier molecular flexibility index (Phi) is 9.66. The Morgan fingerprint density at radius 1 is 0.905 bits per heavy atom. The molecule has 3 aromatic carbocycles. The average Bonchev–Trinajstić information content (AvgIpc) is 3.45. The molecule has 1 aliphatic heterocycles. The van der Waals surface area contributed by atoms with Crippen LogP contribution in [0.15, 0.2) is 85.2 Å². The summed E-state index contributed by atoms with van der Waals surface area (Å²) in [6.07, 6.45) is 4.35. The van der Waals surface area contributed by atoms with Crippen molar-refractivity contribution < 1.29 is 15.0 Å². The molecule has 2 N–H and O–H groups in total. The molecule has 2 heterocycles. The number of carboxylic acid groups (broad SMARTS) is 1. The van der Waals surface area contributed by atoms with Crippen LogP contribution in [0.25, 0.3) is 11.4 Å². The third kappa shape index (κ3) is 7.43. The third-order valence-corrected chi connectivity index (χ3v) is 8.21. The molecule has 0 radical (unpaired) electrons. The van der Waals surface area contributed by atoms with Crippen LogP contribution in [0.4, 0.5) is 0 Å². The first-order valence-electron chi connectivity index (χ1n) is 14.9. The number of hydrogen-bond donors (Lipinski definition) is 2. The van der Waals surface area contributed by atoms with E-state index >= 15 is 0 Å². The number of phenolic OH excluding ortho intramolecular Hbond substituents is 1. The van der Waals surface area contributed by atoms with E-state index < -0.39 is 5.97 Å². The molecule has 5 rings (SSSR count). The van der Waals surface area contributed by atoms with E-state index in [1.54, 1.807) is 12.4 Å². The number of aromatic hydroxyl groups is 1. The van der Waals surface area contributed by atoms with Gasteiger partial charge in [-0.1, -0.05) is 73.2 Å². The fourth-order valence-corrected chi connectivity index (χ4v) is 5.97. The largest absolute Gasteiger partial charge is 0.508 e. The van der Waals surface area contributed by atoms with E-state index in [1.165, 1.54) is 5.56 Å². The lowest BCUT2D eigenvalue weighted by atomic mass is 9.92. The highest BCUT2D eigenvalue weighted by Crippen LogP contribution is 2.35. The number of aliphatic carboxylic acids is 1. The van der Waals surface area contributed by atoms with Crippen molar-refractivity contribution in [2.24, 2.45) is 0 Å². The van der Waals surface area contributed by atoms with E-state index in [-0.39, 0.29) is 18.2 Å². The van der Waals surface area contributed by atoms with Gasteiger partial charge >= 0.3 is 5.97 Å². The molecule has 0 amide bonds. The summed E-state index contributed by atoms with van der Waals surface area (Å²) in [7, 11) is 0. The molecule has 0 unspecified atom stereocenters. The minimum Gasteiger partial charge on any atom is -0.508 e. The summed E-state index contributed by atoms with van der Waals surface area (Å²) in [5, 5.41) is 23.8. The van der Waals surface area contributed by atoms with Gasteiger partial charge in [0.25, 0.3) is 0 Å². The van der Waals surface area contributed by atoms with Crippen molar-refractivity contribution in [3.05, 3.63) is 102 Å². The maximum Gasteiger partial charge on any atom is 0.303 e. The lowest BCUT2D eigenvalue weighted by Gasteiger charge is -2.47. The highest BCUT2D eigenvalue weighted by Gasteiger charge is 2.35. The molecule has 1 aliphatic rings. The van der Waals surface area contributed by atoms with Gasteiger partial charge in [0.2, 0.25) is 0 Å². The number of hydrogen-bond acceptors (Lipinski definition) is 6. The summed E-state index contributed by atoms with van der Waals surface area (Å²) in [6.45, 7) is 8.13. The second kappa shape index (κ2) is 13.8. The number of aromatic nitrogens is 3. The summed E-state index contributed by atoms with van der Waals surface area (Å²) in [5.41, 5.74) is 4.52. The van der Waals surface area contributed by atoms with Crippen LogP contribution in [0, 0.1) is 0 Å². The molecular formula is C34H41N5O3. The van der Waals surface area contributed by atoms with Crippen LogP contribution in [0.1, 0.15) is 62.3 Å². The van der Waals surface area contributed by atoms with Gasteiger partial charge in [0.1, 0.15) is 12.1 Å². The van der Waals surface area contributed by atoms with Gasteiger partial charge in [-0.25, -0.2) is 4.98 Å². The van der Waals surface area contributed by atoms with Gasteiger partial charge in [0, 0.05) is 50.2 Å². The van der Waals surface area contributed by atoms with E-state index in [2.05, 4.69) is 94.4 Å². The molecule has 42 heavy (non-hydrogen) atoms. The topological polar surface area (TPSA) is 94.7 Å². The van der Waals surface area contributed by atoms with E-state index in [1.807, 2.05) is 16.8 Å². The van der Waals surface area contributed by atoms with Crippen molar-refractivity contribution in [1.82, 2.24) is 24.6 Å². The van der Waals surface area contributed by atoms with Gasteiger partial charge in [0.15, 0.2) is 5.82 Å². The van der Waals surface area contributed by atoms with Crippen LogP contribution in [0.3, 0.4) is 0 Å². The molecule has 8 heteroatoms. The highest BCUT2D eigenvalue weighted by molar-refractivity contribution is 5.66. The molecule has 1 fully saturated rings. The summed E-state index contributed by atoms with van der Waals surface area (Å²) in [5.74, 6) is 0.204. The van der Waals surface area contributed by atoms with Crippen LogP contribution in [-0.2, 0) is 17.9 Å². The zero-order valence-corrected chi connectivity index (χ0v) is 24.5. The number of nitrogens with zero attached hydrogens (tertiary/aromatic N) is 5. The Balaban J connectivity index is 1.32. The number of phenols is 1. The van der Waals surface area contributed by atoms with Gasteiger partial charge in [-0.3, -0.25) is 19.3 Å². The minimum atomic E-state index is -0.748. The summed E-state index contributed by atoms with van der Waals surface area (Å²) in [4.78, 5) is 20.4. The van der Waals surface area contributed by atoms with E-state index in [9.17, 15) is 9.90 Å². The Hall–Kier alpha value is -4.01. The number of piperazine rings is 1. The molecule has 3 atom stereocenters. The quantitative estimate of drug-likeness (QED) is 0.203. The predicted molar refractivity (Wildman–Crippen MR) is 164 cm³/mol. The lowest BCUT2D eigenvalue weighted by Crippen LogP contribution is -2.56. The Labute approximate surface area is 248 Å². The SMILES string of the molecule is C[C@@H]1CN([C@H](c2ccc(-c3ncn(CCCCCC(=O)O)n3)cc2)c2cccc(O)c2)[C@@H](C)CN1Cc1ccccc1. The standard InChI is InChI=1S/C34H41N5O3/c1-25-22-39(26(2)21-37(25)23-27-10-5-3-6-11-27)33(30-12-9-13-31(40)20-30)28-15-17-29(18-16-28)34-35-24-38(36-34)19-8-4-7-14-32(41)42/h3,5-6,9-13,15-18,20,24-26,33,40H,4,7-8,14,19,21-23H2,1-2H3,(H,41,42)/t25-,26+,33-/m1/s1. The normalized spacial score (nSPS) is 18.6. The number of carbonyl (C=O) groups is 1. The second-order valence-corrected chi connectivity index (χ2v) is 11.5. The summed E-state index contributed by atoms with van der Waals surface area (Å²) >= 11 is 0. The zero-order chi connectivity index (χ0) is 29.5. The van der Waals surface area contributed by atoms with Crippen LogP contribution in [0.5, 0.6) is 5.75 Å². The number of aryl methyl sites for hydroxylation is 1. The molecule has 4 aromatic rings. The van der Waals surface area contributed by atoms with Crippen LogP contribution < -0.4 is 0 Å². The van der Waals surface area contributed by atoms with Gasteiger partial charge in [-0.2, -0.15) is 5.10 Å². The molecule has 0 aliphatic carbocycles. The van der Waals surface area contributed by atoms with E-state index in [4.69, 9.17) is 5.11 Å². The van der Waals surface area contributed by atoms with Gasteiger partial charge < -0.3 is 10.2 Å². The smallest absolute Gasteiger partial charge is 0.303 e. The Bertz CT molecular complexity index is 1440. The van der Waals surface area contributed by atoms with Crippen molar-refractivity contribution in [1.29, 1.82) is 0 Å². The first kappa shape index (κ1) is 29.5. The number of carboxylic acids is 1. The molecule has 0 spiro atoms. The van der Waals surface area contributed by atoms with Crippen molar-refractivity contribution in [3.63, 3.8) is 0 Å². The maximum absolute atomic E-state index is 10.7. The zero-order valence-electron chi connectivity index (χ0n) is 24.5. The van der Waals surface area contributed by atoms with Crippen molar-refractivity contribution >= 4 is 5.97 Å². The molecular weight excluding hydrogens is 526 g/mol. The monoisotopic (exact) mass is 567 g/mol. The molecule has 0 bridgehead atoms. The average molecular weight is 568 g/mol. The van der Waals surface area contributed by atoms with E-state index in [0.717, 1.165) is 55.7 Å². The number of rotatable bonds is 12. The Morgan fingerprint density at radius 3 is 2.43 bits per heavy atom. The maximum atomic E-state index is 10.7. The fraction of sp³-hybridized carbons (Fsp3) is 0.382. The van der Waals surface area contributed by atoms with Crippen molar-refractivity contribution in [2.45, 2.75) is 70.7 Å². The molecule has 1 aromatic heterocycles. The summed E-state index contributed by atoms with van der Waals surface area (Å²) < 4.78 is 1.83. The number of unbranched alkanes of at least 4 members (excludes halogenated alkanes) is 2.